The van der Waals surface area contributed by atoms with Crippen LogP contribution in [0.2, 0.25) is 0 Å². The molecule has 2 aromatic heterocycles. The summed E-state index contributed by atoms with van der Waals surface area (Å²) in [6.45, 7) is 3.35. The van der Waals surface area contributed by atoms with Crippen LogP contribution in [0.1, 0.15) is 46.4 Å². The van der Waals surface area contributed by atoms with Gasteiger partial charge in [-0.3, -0.25) is 4.79 Å². The first-order valence-electron chi connectivity index (χ1n) is 9.98. The van der Waals surface area contributed by atoms with E-state index in [1.165, 1.54) is 11.3 Å². The maximum atomic E-state index is 13.0. The molecule has 0 radical (unpaired) electrons. The van der Waals surface area contributed by atoms with Crippen molar-refractivity contribution < 1.29 is 9.21 Å². The Labute approximate surface area is 164 Å². The second-order valence-corrected chi connectivity index (χ2v) is 7.93. The first kappa shape index (κ1) is 17.4. The number of carbonyl (C=O) groups excluding carboxylic acids is 1. The Hall–Kier alpha value is -2.73. The monoisotopic (exact) mass is 376 g/mol. The molecule has 0 N–H and O–H groups in total. The van der Waals surface area contributed by atoms with Crippen LogP contribution >= 0.6 is 0 Å². The number of likely N-dealkylation sites (tertiary alicyclic amines) is 1. The third-order valence-corrected chi connectivity index (χ3v) is 5.85. The van der Waals surface area contributed by atoms with Gasteiger partial charge < -0.3 is 14.2 Å². The van der Waals surface area contributed by atoms with Crippen LogP contribution < -0.4 is 0 Å². The van der Waals surface area contributed by atoms with Crippen molar-refractivity contribution in [3.05, 3.63) is 59.4 Å². The Bertz CT molecular complexity index is 995. The van der Waals surface area contributed by atoms with Crippen LogP contribution in [0.25, 0.3) is 11.0 Å². The topological polar surface area (TPSA) is 62.5 Å². The fourth-order valence-corrected chi connectivity index (χ4v) is 4.28. The zero-order valence-corrected chi connectivity index (χ0v) is 16.1. The van der Waals surface area contributed by atoms with Crippen molar-refractivity contribution in [2.75, 3.05) is 26.7 Å². The zero-order chi connectivity index (χ0) is 19.1. The van der Waals surface area contributed by atoms with Crippen molar-refractivity contribution in [1.82, 2.24) is 19.8 Å². The molecule has 3 aromatic rings. The number of piperidine rings is 1. The summed E-state index contributed by atoms with van der Waals surface area (Å²) in [5.41, 5.74) is 3.15. The fourth-order valence-electron chi connectivity index (χ4n) is 4.28. The molecular formula is C22H24N4O2. The number of furan rings is 1. The quantitative estimate of drug-likeness (QED) is 0.687. The molecule has 0 spiro atoms. The van der Waals surface area contributed by atoms with Gasteiger partial charge in [0.25, 0.3) is 5.91 Å². The van der Waals surface area contributed by atoms with Gasteiger partial charge in [0.1, 0.15) is 11.4 Å². The number of hydrogen-bond donors (Lipinski definition) is 0. The first-order chi connectivity index (χ1) is 13.7. The minimum absolute atomic E-state index is 0.0412. The maximum absolute atomic E-state index is 13.0. The largest absolute Gasteiger partial charge is 0.451 e. The van der Waals surface area contributed by atoms with E-state index in [0.717, 1.165) is 55.7 Å². The van der Waals surface area contributed by atoms with Gasteiger partial charge in [-0.2, -0.15) is 0 Å². The minimum atomic E-state index is -0.0412. The average Bonchev–Trinajstić information content (AvgIpc) is 3.17. The van der Waals surface area contributed by atoms with E-state index in [1.807, 2.05) is 41.4 Å². The molecule has 0 unspecified atom stereocenters. The van der Waals surface area contributed by atoms with Crippen LogP contribution in [0.4, 0.5) is 0 Å². The second-order valence-electron chi connectivity index (χ2n) is 7.93. The predicted molar refractivity (Wildman–Crippen MR) is 106 cm³/mol. The zero-order valence-electron chi connectivity index (χ0n) is 16.1. The molecule has 1 aromatic carbocycles. The Balaban J connectivity index is 1.35. The molecule has 6 heteroatoms. The summed E-state index contributed by atoms with van der Waals surface area (Å²) in [7, 11) is 2.12. The average molecular weight is 376 g/mol. The molecule has 1 atom stereocenters. The lowest BCUT2D eigenvalue weighted by Gasteiger charge is -2.32. The van der Waals surface area contributed by atoms with Crippen molar-refractivity contribution in [3.8, 4) is 0 Å². The van der Waals surface area contributed by atoms with Crippen molar-refractivity contribution in [3.63, 3.8) is 0 Å². The molecule has 2 aliphatic heterocycles. The molecule has 1 saturated heterocycles. The number of para-hydroxylation sites is 1. The summed E-state index contributed by atoms with van der Waals surface area (Å²) in [5.74, 6) is 1.44. The highest BCUT2D eigenvalue weighted by Crippen LogP contribution is 2.28. The summed E-state index contributed by atoms with van der Waals surface area (Å²) < 4.78 is 5.78. The lowest BCUT2D eigenvalue weighted by atomic mass is 9.96. The van der Waals surface area contributed by atoms with Gasteiger partial charge in [0.15, 0.2) is 5.76 Å². The normalized spacial score (nSPS) is 20.3. The lowest BCUT2D eigenvalue weighted by Crippen LogP contribution is -2.39. The van der Waals surface area contributed by atoms with E-state index in [-0.39, 0.29) is 11.8 Å². The first-order valence-corrected chi connectivity index (χ1v) is 9.98. The third-order valence-electron chi connectivity index (χ3n) is 5.85. The van der Waals surface area contributed by atoms with Crippen molar-refractivity contribution in [2.45, 2.75) is 31.7 Å². The number of hydrogen-bond acceptors (Lipinski definition) is 5. The number of aromatic nitrogens is 2. The van der Waals surface area contributed by atoms with Gasteiger partial charge in [0.05, 0.1) is 0 Å². The molecule has 144 valence electrons. The highest BCUT2D eigenvalue weighted by molar-refractivity contribution is 5.96. The van der Waals surface area contributed by atoms with Crippen molar-refractivity contribution >= 4 is 16.9 Å². The summed E-state index contributed by atoms with van der Waals surface area (Å²) >= 11 is 0. The molecule has 1 fully saturated rings. The van der Waals surface area contributed by atoms with Gasteiger partial charge in [-0.1, -0.05) is 18.2 Å². The van der Waals surface area contributed by atoms with Crippen LogP contribution in [0.5, 0.6) is 0 Å². The smallest absolute Gasteiger partial charge is 0.289 e. The Morgan fingerprint density at radius 1 is 1.25 bits per heavy atom. The van der Waals surface area contributed by atoms with Gasteiger partial charge in [-0.25, -0.2) is 9.97 Å². The van der Waals surface area contributed by atoms with Crippen LogP contribution in [-0.4, -0.2) is 52.4 Å². The summed E-state index contributed by atoms with van der Waals surface area (Å²) in [4.78, 5) is 26.7. The predicted octanol–water partition coefficient (Wildman–Crippen LogP) is 3.23. The number of nitrogens with zero attached hydrogens (tertiary/aromatic N) is 4. The van der Waals surface area contributed by atoms with Gasteiger partial charge in [0, 0.05) is 61.4 Å². The highest BCUT2D eigenvalue weighted by Gasteiger charge is 2.29. The molecule has 5 rings (SSSR count). The molecule has 0 bridgehead atoms. The Morgan fingerprint density at radius 3 is 3.04 bits per heavy atom. The maximum Gasteiger partial charge on any atom is 0.289 e. The summed E-state index contributed by atoms with van der Waals surface area (Å²) in [6, 6.07) is 9.57. The van der Waals surface area contributed by atoms with E-state index < -0.39 is 0 Å². The van der Waals surface area contributed by atoms with E-state index >= 15 is 0 Å². The Kier molecular flexibility index (Phi) is 4.36. The van der Waals surface area contributed by atoms with Crippen molar-refractivity contribution in [2.24, 2.45) is 0 Å². The molecule has 2 aliphatic rings. The third kappa shape index (κ3) is 3.18. The molecule has 6 nitrogen and oxygen atoms in total. The number of fused-ring (bicyclic) bond motifs is 2. The van der Waals surface area contributed by atoms with Crippen LogP contribution in [0.3, 0.4) is 0 Å². The van der Waals surface area contributed by atoms with E-state index in [1.54, 1.807) is 0 Å². The molecule has 0 saturated carbocycles. The lowest BCUT2D eigenvalue weighted by molar-refractivity contribution is 0.0674. The van der Waals surface area contributed by atoms with E-state index in [2.05, 4.69) is 16.9 Å². The van der Waals surface area contributed by atoms with E-state index in [4.69, 9.17) is 9.40 Å². The number of amides is 1. The number of carbonyl (C=O) groups is 1. The second kappa shape index (κ2) is 7.02. The summed E-state index contributed by atoms with van der Waals surface area (Å²) in [6.07, 6.45) is 4.92. The molecular weight excluding hydrogens is 352 g/mol. The van der Waals surface area contributed by atoms with E-state index in [9.17, 15) is 4.79 Å². The molecule has 4 heterocycles. The van der Waals surface area contributed by atoms with Gasteiger partial charge in [-0.15, -0.1) is 0 Å². The van der Waals surface area contributed by atoms with Crippen LogP contribution in [-0.2, 0) is 13.0 Å². The van der Waals surface area contributed by atoms with Gasteiger partial charge in [0.2, 0.25) is 0 Å². The number of rotatable bonds is 2. The summed E-state index contributed by atoms with van der Waals surface area (Å²) in [5, 5.41) is 0.961. The fraction of sp³-hybridized carbons (Fsp3) is 0.409. The molecule has 1 amide bonds. The standard InChI is InChI=1S/C22H24N4O2/c1-25-10-8-18-17(13-25)12-23-21(24-18)16-6-4-9-26(14-16)22(27)20-11-15-5-2-3-7-19(15)28-20/h2-3,5,7,11-12,16H,4,6,8-10,13-14H2,1H3/t16-/m0/s1. The number of likely N-dealkylation sites (N-methyl/N-ethyl adjacent to an activating group) is 1. The SMILES string of the molecule is CN1CCc2nc([C@H]3CCCN(C(=O)c4cc5ccccc5o4)C3)ncc2C1. The van der Waals surface area contributed by atoms with Crippen LogP contribution in [0, 0.1) is 0 Å². The van der Waals surface area contributed by atoms with Gasteiger partial charge in [-0.05, 0) is 32.0 Å². The van der Waals surface area contributed by atoms with Crippen LogP contribution in [0.15, 0.2) is 40.9 Å². The minimum Gasteiger partial charge on any atom is -0.451 e. The van der Waals surface area contributed by atoms with Gasteiger partial charge >= 0.3 is 0 Å². The van der Waals surface area contributed by atoms with E-state index in [0.29, 0.717) is 12.3 Å². The molecule has 0 aliphatic carbocycles. The number of benzene rings is 1. The highest BCUT2D eigenvalue weighted by atomic mass is 16.3. The molecule has 28 heavy (non-hydrogen) atoms. The Morgan fingerprint density at radius 2 is 2.14 bits per heavy atom. The van der Waals surface area contributed by atoms with Crippen molar-refractivity contribution in [1.29, 1.82) is 0 Å².